The molecule has 1 atom stereocenters. The van der Waals surface area contributed by atoms with Gasteiger partial charge in [-0.15, -0.1) is 0 Å². The lowest BCUT2D eigenvalue weighted by atomic mass is 9.92. The highest BCUT2D eigenvalue weighted by Gasteiger charge is 2.51. The number of nitro groups is 1. The van der Waals surface area contributed by atoms with Crippen molar-refractivity contribution in [2.45, 2.75) is 19.4 Å². The number of carbonyl (C=O) groups excluding carboxylic acids is 1. The molecule has 0 spiro atoms. The molecule has 164 valence electrons. The van der Waals surface area contributed by atoms with Gasteiger partial charge in [0.2, 0.25) is 0 Å². The molecule has 0 N–H and O–H groups in total. The minimum atomic E-state index is -2.07. The van der Waals surface area contributed by atoms with E-state index in [1.54, 1.807) is 25.1 Å². The van der Waals surface area contributed by atoms with Gasteiger partial charge in [-0.2, -0.15) is 0 Å². The van der Waals surface area contributed by atoms with Crippen molar-refractivity contribution in [3.63, 3.8) is 0 Å². The van der Waals surface area contributed by atoms with Crippen LogP contribution in [0, 0.1) is 10.1 Å². The van der Waals surface area contributed by atoms with Crippen molar-refractivity contribution < 1.29 is 19.2 Å². The zero-order valence-electron chi connectivity index (χ0n) is 18.1. The molecular weight excluding hydrogens is 406 g/mol. The highest BCUT2D eigenvalue weighted by molar-refractivity contribution is 5.82. The van der Waals surface area contributed by atoms with Crippen LogP contribution in [0.4, 0.5) is 0 Å². The van der Waals surface area contributed by atoms with Gasteiger partial charge in [0.25, 0.3) is 0 Å². The molecule has 3 aromatic carbocycles. The number of nitrogens with zero attached hydrogens (tertiary/aromatic N) is 1. The van der Waals surface area contributed by atoms with Crippen LogP contribution in [-0.2, 0) is 15.1 Å². The van der Waals surface area contributed by atoms with Crippen molar-refractivity contribution in [1.29, 1.82) is 0 Å². The number of esters is 1. The van der Waals surface area contributed by atoms with E-state index < -0.39 is 16.4 Å². The number of carbonyl (C=O) groups is 1. The molecule has 1 unspecified atom stereocenters. The second-order valence-electron chi connectivity index (χ2n) is 7.21. The fourth-order valence-corrected chi connectivity index (χ4v) is 3.40. The van der Waals surface area contributed by atoms with E-state index in [1.165, 1.54) is 13.0 Å². The van der Waals surface area contributed by atoms with Gasteiger partial charge in [-0.05, 0) is 41.8 Å². The second-order valence-corrected chi connectivity index (χ2v) is 7.21. The van der Waals surface area contributed by atoms with Crippen LogP contribution in [0.1, 0.15) is 30.5 Å². The molecule has 6 heteroatoms. The van der Waals surface area contributed by atoms with Crippen molar-refractivity contribution in [2.24, 2.45) is 0 Å². The first-order valence-electron chi connectivity index (χ1n) is 10.3. The molecule has 0 aliphatic rings. The number of rotatable bonds is 9. The van der Waals surface area contributed by atoms with Crippen molar-refractivity contribution in [1.82, 2.24) is 0 Å². The Kier molecular flexibility index (Phi) is 7.39. The lowest BCUT2D eigenvalue weighted by Crippen LogP contribution is -2.42. The van der Waals surface area contributed by atoms with E-state index in [0.29, 0.717) is 0 Å². The van der Waals surface area contributed by atoms with E-state index in [-0.39, 0.29) is 24.5 Å². The van der Waals surface area contributed by atoms with Gasteiger partial charge in [0.1, 0.15) is 12.4 Å². The summed E-state index contributed by atoms with van der Waals surface area (Å²) in [4.78, 5) is 23.7. The zero-order valence-corrected chi connectivity index (χ0v) is 18.1. The molecule has 0 amide bonds. The van der Waals surface area contributed by atoms with Crippen LogP contribution in [0.2, 0.25) is 0 Å². The number of hydrogen-bond acceptors (Lipinski definition) is 5. The molecule has 32 heavy (non-hydrogen) atoms. The normalized spacial score (nSPS) is 12.3. The summed E-state index contributed by atoms with van der Waals surface area (Å²) in [5, 5.41) is 11.9. The minimum absolute atomic E-state index is 0.0472. The van der Waals surface area contributed by atoms with Crippen molar-refractivity contribution >= 4 is 11.5 Å². The third kappa shape index (κ3) is 4.86. The Bertz CT molecular complexity index is 1050. The summed E-state index contributed by atoms with van der Waals surface area (Å²) in [6.45, 7) is 3.06. The van der Waals surface area contributed by atoms with Crippen molar-refractivity contribution in [2.75, 3.05) is 13.2 Å². The van der Waals surface area contributed by atoms with Gasteiger partial charge < -0.3 is 9.47 Å². The molecule has 3 aromatic rings. The van der Waals surface area contributed by atoms with Crippen LogP contribution in [0.5, 0.6) is 5.75 Å². The third-order valence-electron chi connectivity index (χ3n) is 5.15. The highest BCUT2D eigenvalue weighted by Crippen LogP contribution is 2.34. The van der Waals surface area contributed by atoms with Gasteiger partial charge in [-0.1, -0.05) is 72.8 Å². The molecule has 0 heterocycles. The second kappa shape index (κ2) is 10.4. The summed E-state index contributed by atoms with van der Waals surface area (Å²) < 4.78 is 10.9. The molecule has 0 saturated carbocycles. The van der Waals surface area contributed by atoms with E-state index >= 15 is 0 Å². The Morgan fingerprint density at radius 1 is 0.938 bits per heavy atom. The van der Waals surface area contributed by atoms with Crippen molar-refractivity contribution in [3.05, 3.63) is 118 Å². The first-order chi connectivity index (χ1) is 15.5. The topological polar surface area (TPSA) is 78.7 Å². The van der Waals surface area contributed by atoms with Crippen LogP contribution < -0.4 is 4.74 Å². The van der Waals surface area contributed by atoms with E-state index in [2.05, 4.69) is 0 Å². The molecular formula is C26H25NO5. The molecule has 0 aromatic heterocycles. The third-order valence-corrected chi connectivity index (χ3v) is 5.15. The molecule has 0 fully saturated rings. The van der Waals surface area contributed by atoms with Gasteiger partial charge in [0, 0.05) is 11.8 Å². The molecule has 0 saturated heterocycles. The monoisotopic (exact) mass is 431 g/mol. The molecule has 0 aliphatic heterocycles. The number of hydrogen-bond donors (Lipinski definition) is 0. The molecule has 0 aliphatic carbocycles. The molecule has 6 nitrogen and oxygen atoms in total. The summed E-state index contributed by atoms with van der Waals surface area (Å²) in [6, 6.07) is 26.3. The Morgan fingerprint density at radius 2 is 1.47 bits per heavy atom. The van der Waals surface area contributed by atoms with Crippen LogP contribution in [-0.4, -0.2) is 24.1 Å². The summed E-state index contributed by atoms with van der Waals surface area (Å²) in [5.74, 6) is -0.665. The summed E-state index contributed by atoms with van der Waals surface area (Å²) in [5.41, 5.74) is 1.11. The van der Waals surface area contributed by atoms with Crippen LogP contribution in [0.25, 0.3) is 5.57 Å². The lowest BCUT2D eigenvalue weighted by molar-refractivity contribution is -0.559. The Balaban J connectivity index is 1.94. The average Bonchev–Trinajstić information content (AvgIpc) is 2.82. The number of benzene rings is 3. The fourth-order valence-electron chi connectivity index (χ4n) is 3.40. The molecule has 0 bridgehead atoms. The van der Waals surface area contributed by atoms with E-state index in [1.807, 2.05) is 66.7 Å². The van der Waals surface area contributed by atoms with Gasteiger partial charge in [0.15, 0.2) is 0 Å². The number of para-hydroxylation sites is 1. The van der Waals surface area contributed by atoms with Crippen LogP contribution in [0.15, 0.2) is 91.0 Å². The van der Waals surface area contributed by atoms with Gasteiger partial charge in [-0.3, -0.25) is 10.1 Å². The average molecular weight is 431 g/mol. The van der Waals surface area contributed by atoms with Crippen LogP contribution in [0.3, 0.4) is 0 Å². The smallest absolute Gasteiger partial charge is 0.389 e. The largest absolute Gasteiger partial charge is 0.489 e. The maximum Gasteiger partial charge on any atom is 0.389 e. The van der Waals surface area contributed by atoms with E-state index in [9.17, 15) is 14.9 Å². The minimum Gasteiger partial charge on any atom is -0.489 e. The first-order valence-corrected chi connectivity index (χ1v) is 10.3. The van der Waals surface area contributed by atoms with Gasteiger partial charge in [-0.25, -0.2) is 4.79 Å². The van der Waals surface area contributed by atoms with E-state index in [0.717, 1.165) is 16.7 Å². The number of ether oxygens (including phenoxy) is 2. The first kappa shape index (κ1) is 22.7. The summed E-state index contributed by atoms with van der Waals surface area (Å²) in [6.07, 6.45) is 1.93. The van der Waals surface area contributed by atoms with Gasteiger partial charge >= 0.3 is 11.5 Å². The molecule has 3 rings (SSSR count). The quantitative estimate of drug-likeness (QED) is 0.263. The predicted molar refractivity (Wildman–Crippen MR) is 123 cm³/mol. The Labute approximate surface area is 187 Å². The predicted octanol–water partition coefficient (Wildman–Crippen LogP) is 5.25. The SMILES string of the molecule is CCOC(=O)C(C)(c1ccccc1OCC=C(c1ccccc1)c1ccccc1)[N+](=O)[O-]. The fraction of sp³-hybridized carbons (Fsp3) is 0.192. The maximum atomic E-state index is 12.5. The Hall–Kier alpha value is -3.93. The van der Waals surface area contributed by atoms with Crippen molar-refractivity contribution in [3.8, 4) is 5.75 Å². The lowest BCUT2D eigenvalue weighted by Gasteiger charge is -2.21. The highest BCUT2D eigenvalue weighted by atomic mass is 16.6. The van der Waals surface area contributed by atoms with E-state index in [4.69, 9.17) is 9.47 Å². The summed E-state index contributed by atoms with van der Waals surface area (Å²) in [7, 11) is 0. The standard InChI is InChI=1S/C26H25NO5/c1-3-31-25(28)26(2,27(29)30)23-16-10-11-17-24(23)32-19-18-22(20-12-6-4-7-13-20)21-14-8-5-9-15-21/h4-18H,3,19H2,1-2H3. The Morgan fingerprint density at radius 3 is 2.00 bits per heavy atom. The maximum absolute atomic E-state index is 12.5. The molecule has 0 radical (unpaired) electrons. The van der Waals surface area contributed by atoms with Gasteiger partial charge in [0.05, 0.1) is 12.2 Å². The summed E-state index contributed by atoms with van der Waals surface area (Å²) >= 11 is 0. The van der Waals surface area contributed by atoms with Crippen LogP contribution >= 0.6 is 0 Å². The zero-order chi connectivity index (χ0) is 23.0.